The minimum absolute atomic E-state index is 0.116. The van der Waals surface area contributed by atoms with E-state index in [9.17, 15) is 9.18 Å². The Morgan fingerprint density at radius 1 is 2.00 bits per heavy atom. The summed E-state index contributed by atoms with van der Waals surface area (Å²) in [6, 6.07) is 0. The molecule has 0 rings (SSSR count). The maximum Gasteiger partial charge on any atom is 0.338 e. The second kappa shape index (κ2) is 3.18. The molecule has 0 aliphatic heterocycles. The van der Waals surface area contributed by atoms with Crippen molar-refractivity contribution >= 4 is 5.97 Å². The molecule has 0 aromatic carbocycles. The van der Waals surface area contributed by atoms with Gasteiger partial charge in [0.25, 0.3) is 0 Å². The molecule has 0 aliphatic carbocycles. The Labute approximate surface area is 46.6 Å². The van der Waals surface area contributed by atoms with E-state index >= 15 is 0 Å². The predicted molar refractivity (Wildman–Crippen MR) is 27.3 cm³/mol. The first kappa shape index (κ1) is 7.14. The second-order valence-corrected chi connectivity index (χ2v) is 1.33. The smallest absolute Gasteiger partial charge is 0.338 e. The Hall–Kier alpha value is -0.860. The number of hydrogen-bond donors (Lipinski definition) is 1. The van der Waals surface area contributed by atoms with E-state index in [1.165, 1.54) is 6.08 Å². The van der Waals surface area contributed by atoms with Crippen molar-refractivity contribution in [2.45, 2.75) is 12.6 Å². The maximum atomic E-state index is 11.9. The van der Waals surface area contributed by atoms with Gasteiger partial charge in [-0.2, -0.15) is 0 Å². The van der Waals surface area contributed by atoms with Crippen molar-refractivity contribution < 1.29 is 14.3 Å². The zero-order valence-corrected chi connectivity index (χ0v) is 4.30. The summed E-state index contributed by atoms with van der Waals surface area (Å²) >= 11 is 0. The third-order valence-corrected chi connectivity index (χ3v) is 0.642. The quantitative estimate of drug-likeness (QED) is 0.561. The van der Waals surface area contributed by atoms with Crippen molar-refractivity contribution in [2.24, 2.45) is 0 Å². The Balaban J connectivity index is 3.46. The lowest BCUT2D eigenvalue weighted by molar-refractivity contribution is -0.142. The van der Waals surface area contributed by atoms with E-state index < -0.39 is 12.1 Å². The third-order valence-electron chi connectivity index (χ3n) is 0.642. The van der Waals surface area contributed by atoms with Crippen LogP contribution in [0.3, 0.4) is 0 Å². The van der Waals surface area contributed by atoms with Gasteiger partial charge in [0.2, 0.25) is 0 Å². The van der Waals surface area contributed by atoms with Crippen LogP contribution in [0.25, 0.3) is 0 Å². The van der Waals surface area contributed by atoms with Gasteiger partial charge in [-0.25, -0.2) is 9.18 Å². The van der Waals surface area contributed by atoms with Crippen LogP contribution in [0.15, 0.2) is 12.7 Å². The van der Waals surface area contributed by atoms with Crippen molar-refractivity contribution in [3.05, 3.63) is 12.7 Å². The van der Waals surface area contributed by atoms with Crippen molar-refractivity contribution in [2.75, 3.05) is 0 Å². The van der Waals surface area contributed by atoms with E-state index in [0.29, 0.717) is 0 Å². The Morgan fingerprint density at radius 2 is 2.50 bits per heavy atom. The number of allylic oxidation sites excluding steroid dienone is 1. The Kier molecular flexibility index (Phi) is 2.84. The van der Waals surface area contributed by atoms with Gasteiger partial charge in [-0.15, -0.1) is 6.58 Å². The number of aliphatic carboxylic acids is 1. The predicted octanol–water partition coefficient (Wildman–Crippen LogP) is 0.985. The van der Waals surface area contributed by atoms with E-state index in [1.807, 2.05) is 0 Å². The molecule has 2 nitrogen and oxygen atoms in total. The fourth-order valence-corrected chi connectivity index (χ4v) is 0.247. The van der Waals surface area contributed by atoms with Gasteiger partial charge in [-0.3, -0.25) is 0 Å². The molecular weight excluding hydrogens is 111 g/mol. The SMILES string of the molecule is C=CC[C@@H](F)C(=O)O. The van der Waals surface area contributed by atoms with Gasteiger partial charge < -0.3 is 5.11 Å². The molecule has 46 valence electrons. The molecular formula is C5H7FO2. The molecule has 0 saturated heterocycles. The fraction of sp³-hybridized carbons (Fsp3) is 0.400. The summed E-state index contributed by atoms with van der Waals surface area (Å²) in [6.45, 7) is 3.18. The number of carboxylic acids is 1. The first-order valence-electron chi connectivity index (χ1n) is 2.16. The van der Waals surface area contributed by atoms with Gasteiger partial charge in [-0.1, -0.05) is 6.08 Å². The highest BCUT2D eigenvalue weighted by Crippen LogP contribution is 1.96. The summed E-state index contributed by atoms with van der Waals surface area (Å²) in [5.74, 6) is -1.43. The normalized spacial score (nSPS) is 12.6. The molecule has 0 amide bonds. The molecule has 0 heterocycles. The van der Waals surface area contributed by atoms with E-state index in [2.05, 4.69) is 6.58 Å². The molecule has 1 N–H and O–H groups in total. The lowest BCUT2D eigenvalue weighted by Crippen LogP contribution is -2.12. The summed E-state index contributed by atoms with van der Waals surface area (Å²) < 4.78 is 11.9. The average molecular weight is 118 g/mol. The van der Waals surface area contributed by atoms with Crippen LogP contribution >= 0.6 is 0 Å². The lowest BCUT2D eigenvalue weighted by Gasteiger charge is -1.93. The van der Waals surface area contributed by atoms with Crippen LogP contribution in [-0.4, -0.2) is 17.2 Å². The lowest BCUT2D eigenvalue weighted by atomic mass is 10.3. The number of carbonyl (C=O) groups is 1. The highest BCUT2D eigenvalue weighted by molar-refractivity contribution is 5.72. The van der Waals surface area contributed by atoms with Crippen molar-refractivity contribution in [3.8, 4) is 0 Å². The number of alkyl halides is 1. The van der Waals surface area contributed by atoms with Gasteiger partial charge in [0.05, 0.1) is 0 Å². The molecule has 0 bridgehead atoms. The third kappa shape index (κ3) is 2.34. The number of hydrogen-bond acceptors (Lipinski definition) is 1. The summed E-state index contributed by atoms with van der Waals surface area (Å²) in [5.41, 5.74) is 0. The van der Waals surface area contributed by atoms with Gasteiger partial charge in [-0.05, 0) is 0 Å². The van der Waals surface area contributed by atoms with E-state index in [1.54, 1.807) is 0 Å². The highest BCUT2D eigenvalue weighted by atomic mass is 19.1. The molecule has 0 spiro atoms. The Morgan fingerprint density at radius 3 is 2.62 bits per heavy atom. The molecule has 1 atom stereocenters. The second-order valence-electron chi connectivity index (χ2n) is 1.33. The molecule has 0 radical (unpaired) electrons. The van der Waals surface area contributed by atoms with Crippen LogP contribution in [0, 0.1) is 0 Å². The first-order chi connectivity index (χ1) is 3.68. The molecule has 0 aromatic heterocycles. The fourth-order valence-electron chi connectivity index (χ4n) is 0.247. The molecule has 0 unspecified atom stereocenters. The first-order valence-corrected chi connectivity index (χ1v) is 2.16. The van der Waals surface area contributed by atoms with Crippen LogP contribution in [0.4, 0.5) is 4.39 Å². The minimum atomic E-state index is -1.78. The molecule has 0 aromatic rings. The maximum absolute atomic E-state index is 11.9. The number of carboxylic acid groups (broad SMARTS) is 1. The topological polar surface area (TPSA) is 37.3 Å². The summed E-state index contributed by atoms with van der Waals surface area (Å²) in [4.78, 5) is 9.67. The van der Waals surface area contributed by atoms with Crippen molar-refractivity contribution in [3.63, 3.8) is 0 Å². The monoisotopic (exact) mass is 118 g/mol. The van der Waals surface area contributed by atoms with E-state index in [0.717, 1.165) is 0 Å². The summed E-state index contributed by atoms with van der Waals surface area (Å²) in [7, 11) is 0. The Bertz CT molecular complexity index is 101. The van der Waals surface area contributed by atoms with E-state index in [-0.39, 0.29) is 6.42 Å². The molecule has 0 aliphatic rings. The van der Waals surface area contributed by atoms with Crippen LogP contribution < -0.4 is 0 Å². The molecule has 3 heteroatoms. The van der Waals surface area contributed by atoms with Gasteiger partial charge in [0, 0.05) is 6.42 Å². The highest BCUT2D eigenvalue weighted by Gasteiger charge is 2.11. The van der Waals surface area contributed by atoms with Gasteiger partial charge in [0.1, 0.15) is 0 Å². The van der Waals surface area contributed by atoms with Crippen LogP contribution in [0.2, 0.25) is 0 Å². The summed E-state index contributed by atoms with van der Waals surface area (Å²) in [5, 5.41) is 7.89. The van der Waals surface area contributed by atoms with Crippen LogP contribution in [0.5, 0.6) is 0 Å². The minimum Gasteiger partial charge on any atom is -0.479 e. The summed E-state index contributed by atoms with van der Waals surface area (Å²) in [6.07, 6.45) is -0.666. The van der Waals surface area contributed by atoms with Gasteiger partial charge >= 0.3 is 5.97 Å². The molecule has 0 saturated carbocycles. The zero-order chi connectivity index (χ0) is 6.57. The average Bonchev–Trinajstić information content (AvgIpc) is 1.67. The van der Waals surface area contributed by atoms with Crippen LogP contribution in [0.1, 0.15) is 6.42 Å². The zero-order valence-electron chi connectivity index (χ0n) is 4.30. The van der Waals surface area contributed by atoms with Crippen molar-refractivity contribution in [1.82, 2.24) is 0 Å². The largest absolute Gasteiger partial charge is 0.479 e. The van der Waals surface area contributed by atoms with Crippen LogP contribution in [-0.2, 0) is 4.79 Å². The number of rotatable bonds is 3. The van der Waals surface area contributed by atoms with Gasteiger partial charge in [0.15, 0.2) is 6.17 Å². The molecule has 0 fully saturated rings. The number of halogens is 1. The van der Waals surface area contributed by atoms with Crippen molar-refractivity contribution in [1.29, 1.82) is 0 Å². The van der Waals surface area contributed by atoms with E-state index in [4.69, 9.17) is 5.11 Å². The standard InChI is InChI=1S/C5H7FO2/c1-2-3-4(6)5(7)8/h2,4H,1,3H2,(H,7,8)/t4-/m1/s1. The molecule has 8 heavy (non-hydrogen) atoms.